The Morgan fingerprint density at radius 1 is 1.06 bits per heavy atom. The van der Waals surface area contributed by atoms with Crippen molar-refractivity contribution in [1.29, 1.82) is 0 Å². The average Bonchev–Trinajstić information content (AvgIpc) is 3.22. The summed E-state index contributed by atoms with van der Waals surface area (Å²) in [4.78, 5) is 25.3. The maximum atomic E-state index is 14.0. The van der Waals surface area contributed by atoms with Crippen LogP contribution in [0.2, 0.25) is 10.0 Å². The molecule has 0 radical (unpaired) electrons. The smallest absolute Gasteiger partial charge is 0.437 e. The highest BCUT2D eigenvalue weighted by Gasteiger charge is 2.66. The molecule has 2 amide bonds. The lowest BCUT2D eigenvalue weighted by Crippen LogP contribution is -2.72. The van der Waals surface area contributed by atoms with E-state index in [9.17, 15) is 32.3 Å². The number of furan rings is 1. The number of hydrogen-bond acceptors (Lipinski definition) is 4. The molecular weight excluding hydrogens is 503 g/mol. The summed E-state index contributed by atoms with van der Waals surface area (Å²) >= 11 is 12.0. The highest BCUT2D eigenvalue weighted by molar-refractivity contribution is 6.36. The van der Waals surface area contributed by atoms with Crippen LogP contribution in [-0.2, 0) is 0 Å². The molecule has 0 saturated carbocycles. The molecule has 1 saturated heterocycles. The van der Waals surface area contributed by atoms with Gasteiger partial charge >= 0.3 is 12.2 Å². The Hall–Kier alpha value is -3.08. The van der Waals surface area contributed by atoms with Crippen LogP contribution in [0.15, 0.2) is 59.0 Å². The van der Waals surface area contributed by atoms with Crippen LogP contribution < -0.4 is 10.6 Å². The molecule has 1 aliphatic heterocycles. The lowest BCUT2D eigenvalue weighted by Gasteiger charge is -2.44. The predicted molar refractivity (Wildman–Crippen MR) is 114 cm³/mol. The summed E-state index contributed by atoms with van der Waals surface area (Å²) in [6.07, 6.45) is -5.45. The van der Waals surface area contributed by atoms with Gasteiger partial charge in [0.25, 0.3) is 0 Å². The molecule has 178 valence electrons. The second kappa shape index (κ2) is 8.61. The fourth-order valence-electron chi connectivity index (χ4n) is 3.72. The van der Waals surface area contributed by atoms with Gasteiger partial charge in [-0.25, -0.2) is 9.18 Å². The molecule has 1 aliphatic rings. The van der Waals surface area contributed by atoms with Crippen LogP contribution >= 0.6 is 23.2 Å². The number of benzene rings is 2. The van der Waals surface area contributed by atoms with Gasteiger partial charge in [0.15, 0.2) is 5.78 Å². The molecule has 0 bridgehead atoms. The van der Waals surface area contributed by atoms with Crippen LogP contribution in [-0.4, -0.2) is 28.8 Å². The number of aliphatic hydroxyl groups is 1. The molecule has 12 heteroatoms. The number of urea groups is 1. The Morgan fingerprint density at radius 3 is 2.35 bits per heavy atom. The Bertz CT molecular complexity index is 1260. The van der Waals surface area contributed by atoms with E-state index < -0.39 is 41.5 Å². The maximum absolute atomic E-state index is 14.0. The zero-order valence-electron chi connectivity index (χ0n) is 16.8. The molecule has 6 nitrogen and oxygen atoms in total. The molecule has 4 rings (SSSR count). The summed E-state index contributed by atoms with van der Waals surface area (Å²) < 4.78 is 60.9. The first-order valence-electron chi connectivity index (χ1n) is 9.63. The first-order chi connectivity index (χ1) is 15.9. The molecule has 0 unspecified atom stereocenters. The molecule has 1 aromatic heterocycles. The molecular formula is C22H14Cl2F4N2O4. The molecule has 34 heavy (non-hydrogen) atoms. The monoisotopic (exact) mass is 516 g/mol. The molecule has 0 aliphatic carbocycles. The van der Waals surface area contributed by atoms with E-state index in [4.69, 9.17) is 27.6 Å². The van der Waals surface area contributed by atoms with Gasteiger partial charge in [-0.15, -0.1) is 0 Å². The number of ketones is 1. The highest BCUT2D eigenvalue weighted by atomic mass is 35.5. The van der Waals surface area contributed by atoms with Crippen molar-refractivity contribution in [2.75, 3.05) is 0 Å². The van der Waals surface area contributed by atoms with Crippen LogP contribution in [0.4, 0.5) is 22.4 Å². The second-order valence-corrected chi connectivity index (χ2v) is 8.36. The third-order valence-corrected chi connectivity index (χ3v) is 5.90. The predicted octanol–water partition coefficient (Wildman–Crippen LogP) is 5.50. The second-order valence-electron chi connectivity index (χ2n) is 7.52. The van der Waals surface area contributed by atoms with Gasteiger partial charge in [-0.05, 0) is 54.6 Å². The van der Waals surface area contributed by atoms with Crippen molar-refractivity contribution < 1.29 is 36.7 Å². The molecule has 0 spiro atoms. The van der Waals surface area contributed by atoms with E-state index in [2.05, 4.69) is 5.32 Å². The van der Waals surface area contributed by atoms with Gasteiger partial charge in [0.1, 0.15) is 29.3 Å². The summed E-state index contributed by atoms with van der Waals surface area (Å²) in [6.45, 7) is 0. The minimum absolute atomic E-state index is 0.118. The summed E-state index contributed by atoms with van der Waals surface area (Å²) in [5, 5.41) is 14.7. The number of nitrogens with one attached hydrogen (secondary N) is 2. The van der Waals surface area contributed by atoms with E-state index in [1.54, 1.807) is 0 Å². The number of alkyl halides is 3. The van der Waals surface area contributed by atoms with Crippen molar-refractivity contribution in [3.63, 3.8) is 0 Å². The quantitative estimate of drug-likeness (QED) is 0.315. The van der Waals surface area contributed by atoms with Crippen LogP contribution in [0.1, 0.15) is 22.2 Å². The summed E-state index contributed by atoms with van der Waals surface area (Å²) in [5.74, 6) is -4.38. The minimum atomic E-state index is -5.45. The van der Waals surface area contributed by atoms with Crippen molar-refractivity contribution in [3.05, 3.63) is 81.8 Å². The van der Waals surface area contributed by atoms with Gasteiger partial charge in [0, 0.05) is 16.1 Å². The standard InChI is InChI=1S/C22H14Cl2F4N2O4/c23-11-3-6-13(14(24)9-11)15-7-8-16(34-15)18-17(19(31)10-1-4-12(25)5-2-10)21(33,22(26,27)28)30-20(32)29-18/h1-9,17-18,33H,(H2,29,30,32)/t17-,18-,21-/m0/s1. The Morgan fingerprint density at radius 2 is 1.74 bits per heavy atom. The van der Waals surface area contributed by atoms with Gasteiger partial charge in [-0.2, -0.15) is 13.2 Å². The SMILES string of the molecule is O=C1N[C@@H](c2ccc(-c3ccc(Cl)cc3Cl)o2)[C@@H](C(=O)c2ccc(F)cc2)[C@](O)(C(F)(F)F)N1. The van der Waals surface area contributed by atoms with E-state index in [1.807, 2.05) is 0 Å². The van der Waals surface area contributed by atoms with Crippen molar-refractivity contribution in [1.82, 2.24) is 10.6 Å². The van der Waals surface area contributed by atoms with Crippen molar-refractivity contribution in [2.24, 2.45) is 5.92 Å². The molecule has 2 heterocycles. The van der Waals surface area contributed by atoms with E-state index in [0.29, 0.717) is 10.6 Å². The molecule has 3 atom stereocenters. The van der Waals surface area contributed by atoms with Crippen LogP contribution in [0.3, 0.4) is 0 Å². The fourth-order valence-corrected chi connectivity index (χ4v) is 4.23. The normalized spacial score (nSPS) is 22.7. The zero-order valence-corrected chi connectivity index (χ0v) is 18.3. The number of carbonyl (C=O) groups excluding carboxylic acids is 2. The number of amides is 2. The van der Waals surface area contributed by atoms with Crippen LogP contribution in [0, 0.1) is 11.7 Å². The third kappa shape index (κ3) is 4.24. The summed E-state index contributed by atoms with van der Waals surface area (Å²) in [7, 11) is 0. The van der Waals surface area contributed by atoms with Crippen molar-refractivity contribution in [3.8, 4) is 11.3 Å². The first kappa shape index (κ1) is 24.1. The molecule has 3 N–H and O–H groups in total. The van der Waals surface area contributed by atoms with Gasteiger partial charge in [-0.3, -0.25) is 4.79 Å². The lowest BCUT2D eigenvalue weighted by molar-refractivity contribution is -0.288. The fraction of sp³-hybridized carbons (Fsp3) is 0.182. The van der Waals surface area contributed by atoms with E-state index in [0.717, 1.165) is 24.3 Å². The zero-order chi connectivity index (χ0) is 24.8. The largest absolute Gasteiger partial charge is 0.459 e. The topological polar surface area (TPSA) is 91.6 Å². The summed E-state index contributed by atoms with van der Waals surface area (Å²) in [5.41, 5.74) is -3.91. The number of rotatable bonds is 4. The maximum Gasteiger partial charge on any atom is 0.437 e. The van der Waals surface area contributed by atoms with Crippen molar-refractivity contribution >= 4 is 35.0 Å². The summed E-state index contributed by atoms with van der Waals surface area (Å²) in [6, 6.07) is 7.69. The van der Waals surface area contributed by atoms with Crippen LogP contribution in [0.5, 0.6) is 0 Å². The number of halogens is 6. The van der Waals surface area contributed by atoms with E-state index in [1.165, 1.54) is 35.6 Å². The number of carbonyl (C=O) groups is 2. The lowest BCUT2D eigenvalue weighted by atomic mass is 9.79. The van der Waals surface area contributed by atoms with E-state index >= 15 is 0 Å². The third-order valence-electron chi connectivity index (χ3n) is 5.35. The average molecular weight is 517 g/mol. The van der Waals surface area contributed by atoms with Gasteiger partial charge in [0.05, 0.1) is 5.02 Å². The Kier molecular flexibility index (Phi) is 6.09. The number of hydrogen-bond donors (Lipinski definition) is 3. The van der Waals surface area contributed by atoms with E-state index in [-0.39, 0.29) is 22.1 Å². The van der Waals surface area contributed by atoms with Crippen LogP contribution in [0.25, 0.3) is 11.3 Å². The highest BCUT2D eigenvalue weighted by Crippen LogP contribution is 2.45. The van der Waals surface area contributed by atoms with Gasteiger partial charge in [0.2, 0.25) is 5.72 Å². The van der Waals surface area contributed by atoms with Gasteiger partial charge in [-0.1, -0.05) is 23.2 Å². The molecule has 1 fully saturated rings. The Balaban J connectivity index is 1.82. The van der Waals surface area contributed by atoms with Crippen molar-refractivity contribution in [2.45, 2.75) is 17.9 Å². The molecule has 3 aromatic rings. The minimum Gasteiger partial charge on any atom is -0.459 e. The Labute approximate surface area is 199 Å². The number of Topliss-reactive ketones (excluding diaryl/α,β-unsaturated/α-hetero) is 1. The van der Waals surface area contributed by atoms with Gasteiger partial charge < -0.3 is 20.2 Å². The molecule has 2 aromatic carbocycles. The first-order valence-corrected chi connectivity index (χ1v) is 10.4.